The zero-order valence-electron chi connectivity index (χ0n) is 17.8. The van der Waals surface area contributed by atoms with Crippen molar-refractivity contribution < 1.29 is 4.39 Å². The Balaban J connectivity index is 1.14. The van der Waals surface area contributed by atoms with E-state index in [1.54, 1.807) is 12.3 Å². The van der Waals surface area contributed by atoms with Crippen molar-refractivity contribution >= 4 is 16.6 Å². The summed E-state index contributed by atoms with van der Waals surface area (Å²) in [6.45, 7) is 11.7. The Morgan fingerprint density at radius 1 is 1.30 bits per heavy atom. The van der Waals surface area contributed by atoms with Crippen LogP contribution in [0.1, 0.15) is 26.2 Å². The molecule has 0 atom stereocenters. The average Bonchev–Trinajstić information content (AvgIpc) is 2.71. The van der Waals surface area contributed by atoms with E-state index < -0.39 is 0 Å². The number of hydrogen-bond acceptors (Lipinski definition) is 4. The van der Waals surface area contributed by atoms with Gasteiger partial charge in [0.25, 0.3) is 0 Å². The van der Waals surface area contributed by atoms with E-state index >= 15 is 0 Å². The van der Waals surface area contributed by atoms with Gasteiger partial charge in [-0.05, 0) is 56.5 Å². The summed E-state index contributed by atoms with van der Waals surface area (Å²) in [6, 6.07) is 6.74. The second-order valence-corrected chi connectivity index (χ2v) is 8.42. The Morgan fingerprint density at radius 2 is 2.17 bits per heavy atom. The van der Waals surface area contributed by atoms with E-state index in [0.717, 1.165) is 68.8 Å². The number of rotatable bonds is 9. The SMILES string of the molecule is C=C(NCCCN1CC(CNc2ccnc3cc(F)ccc23)C1)C1=C(C)CCC=C1. The van der Waals surface area contributed by atoms with Gasteiger partial charge in [0.2, 0.25) is 0 Å². The van der Waals surface area contributed by atoms with Crippen molar-refractivity contribution in [1.29, 1.82) is 0 Å². The van der Waals surface area contributed by atoms with Crippen LogP contribution in [0.15, 0.2) is 66.0 Å². The van der Waals surface area contributed by atoms with Crippen LogP contribution < -0.4 is 10.6 Å². The standard InChI is InChI=1S/C25H31FN4/c1-18-6-3-4-7-22(18)19(2)27-11-5-13-30-16-20(17-30)15-29-24-10-12-28-25-14-21(26)8-9-23(24)25/h4,7-10,12,14,20,27H,2-3,5-6,11,13,15-17H2,1H3,(H,28,29). The predicted molar refractivity (Wildman–Crippen MR) is 123 cm³/mol. The Hall–Kier alpha value is -2.66. The van der Waals surface area contributed by atoms with Gasteiger partial charge in [0.15, 0.2) is 0 Å². The van der Waals surface area contributed by atoms with Crippen LogP contribution in [0, 0.1) is 11.7 Å². The summed E-state index contributed by atoms with van der Waals surface area (Å²) in [4.78, 5) is 6.76. The third kappa shape index (κ3) is 4.90. The minimum absolute atomic E-state index is 0.248. The average molecular weight is 407 g/mol. The van der Waals surface area contributed by atoms with E-state index in [9.17, 15) is 4.39 Å². The summed E-state index contributed by atoms with van der Waals surface area (Å²) >= 11 is 0. The molecule has 2 N–H and O–H groups in total. The number of benzene rings is 1. The predicted octanol–water partition coefficient (Wildman–Crippen LogP) is 4.88. The lowest BCUT2D eigenvalue weighted by Gasteiger charge is -2.39. The van der Waals surface area contributed by atoms with Gasteiger partial charge in [-0.2, -0.15) is 0 Å². The number of nitrogens with zero attached hydrogens (tertiary/aromatic N) is 2. The molecule has 30 heavy (non-hydrogen) atoms. The van der Waals surface area contributed by atoms with Crippen LogP contribution in [0.5, 0.6) is 0 Å². The van der Waals surface area contributed by atoms with Crippen molar-refractivity contribution in [3.05, 3.63) is 71.9 Å². The maximum Gasteiger partial charge on any atom is 0.125 e. The molecule has 1 saturated heterocycles. The van der Waals surface area contributed by atoms with Gasteiger partial charge in [-0.3, -0.25) is 4.98 Å². The van der Waals surface area contributed by atoms with Crippen LogP contribution in [-0.4, -0.2) is 42.6 Å². The first-order chi connectivity index (χ1) is 14.6. The molecule has 4 nitrogen and oxygen atoms in total. The fourth-order valence-corrected chi connectivity index (χ4v) is 4.29. The first-order valence-electron chi connectivity index (χ1n) is 10.9. The Morgan fingerprint density at radius 3 is 3.00 bits per heavy atom. The van der Waals surface area contributed by atoms with Crippen molar-refractivity contribution in [1.82, 2.24) is 15.2 Å². The number of halogens is 1. The molecule has 1 aromatic heterocycles. The van der Waals surface area contributed by atoms with E-state index in [2.05, 4.69) is 46.2 Å². The number of pyridine rings is 1. The number of aromatic nitrogens is 1. The van der Waals surface area contributed by atoms with Gasteiger partial charge in [-0.1, -0.05) is 24.3 Å². The molecule has 2 heterocycles. The zero-order valence-corrected chi connectivity index (χ0v) is 17.8. The van der Waals surface area contributed by atoms with E-state index in [1.807, 2.05) is 6.07 Å². The summed E-state index contributed by atoms with van der Waals surface area (Å²) in [5.74, 6) is 0.402. The minimum atomic E-state index is -0.248. The normalized spacial score (nSPS) is 17.3. The van der Waals surface area contributed by atoms with Crippen LogP contribution in [-0.2, 0) is 0 Å². The maximum absolute atomic E-state index is 13.4. The van der Waals surface area contributed by atoms with E-state index in [-0.39, 0.29) is 5.82 Å². The third-order valence-electron chi connectivity index (χ3n) is 6.06. The van der Waals surface area contributed by atoms with Gasteiger partial charge in [-0.25, -0.2) is 4.39 Å². The van der Waals surface area contributed by atoms with Crippen LogP contribution in [0.4, 0.5) is 10.1 Å². The number of nitrogens with one attached hydrogen (secondary N) is 2. The van der Waals surface area contributed by atoms with Gasteiger partial charge in [0, 0.05) is 61.1 Å². The van der Waals surface area contributed by atoms with E-state index in [1.165, 1.54) is 23.3 Å². The Labute approximate surface area is 178 Å². The molecule has 2 aromatic rings. The maximum atomic E-state index is 13.4. The van der Waals surface area contributed by atoms with Gasteiger partial charge >= 0.3 is 0 Å². The molecule has 0 spiro atoms. The highest BCUT2D eigenvalue weighted by atomic mass is 19.1. The fraction of sp³-hybridized carbons (Fsp3) is 0.400. The molecule has 0 bridgehead atoms. The molecule has 0 radical (unpaired) electrons. The molecule has 1 aliphatic heterocycles. The quantitative estimate of drug-likeness (QED) is 0.583. The molecule has 2 aliphatic rings. The highest BCUT2D eigenvalue weighted by molar-refractivity contribution is 5.90. The number of anilines is 1. The van der Waals surface area contributed by atoms with Crippen LogP contribution >= 0.6 is 0 Å². The lowest BCUT2D eigenvalue weighted by Crippen LogP contribution is -2.50. The monoisotopic (exact) mass is 406 g/mol. The van der Waals surface area contributed by atoms with Crippen LogP contribution in [0.2, 0.25) is 0 Å². The van der Waals surface area contributed by atoms with Crippen molar-refractivity contribution in [2.75, 3.05) is 38.0 Å². The summed E-state index contributed by atoms with van der Waals surface area (Å²) < 4.78 is 13.4. The van der Waals surface area contributed by atoms with Crippen LogP contribution in [0.3, 0.4) is 0 Å². The molecular formula is C25H31FN4. The lowest BCUT2D eigenvalue weighted by atomic mass is 9.97. The molecule has 0 unspecified atom stereocenters. The number of hydrogen-bond donors (Lipinski definition) is 2. The van der Waals surface area contributed by atoms with Crippen molar-refractivity contribution in [2.24, 2.45) is 5.92 Å². The van der Waals surface area contributed by atoms with Gasteiger partial charge in [0.05, 0.1) is 5.52 Å². The molecule has 4 rings (SSSR count). The lowest BCUT2D eigenvalue weighted by molar-refractivity contribution is 0.108. The summed E-state index contributed by atoms with van der Waals surface area (Å²) in [5, 5.41) is 7.99. The van der Waals surface area contributed by atoms with Crippen LogP contribution in [0.25, 0.3) is 10.9 Å². The zero-order chi connectivity index (χ0) is 20.9. The molecule has 5 heteroatoms. The van der Waals surface area contributed by atoms with E-state index in [4.69, 9.17) is 0 Å². The molecule has 1 aromatic carbocycles. The topological polar surface area (TPSA) is 40.2 Å². The largest absolute Gasteiger partial charge is 0.385 e. The molecule has 158 valence electrons. The van der Waals surface area contributed by atoms with Gasteiger partial charge < -0.3 is 15.5 Å². The summed E-state index contributed by atoms with van der Waals surface area (Å²) in [5.41, 5.74) is 5.49. The molecule has 0 amide bonds. The Kier molecular flexibility index (Phi) is 6.48. The highest BCUT2D eigenvalue weighted by Gasteiger charge is 2.25. The Bertz CT molecular complexity index is 972. The first kappa shape index (κ1) is 20.6. The number of allylic oxidation sites excluding steroid dienone is 3. The third-order valence-corrected chi connectivity index (χ3v) is 6.06. The van der Waals surface area contributed by atoms with Crippen molar-refractivity contribution in [2.45, 2.75) is 26.2 Å². The molecule has 0 saturated carbocycles. The smallest absolute Gasteiger partial charge is 0.125 e. The summed E-state index contributed by atoms with van der Waals surface area (Å²) in [6.07, 6.45) is 9.57. The fourth-order valence-electron chi connectivity index (χ4n) is 4.29. The van der Waals surface area contributed by atoms with Gasteiger partial charge in [-0.15, -0.1) is 0 Å². The molecule has 1 aliphatic carbocycles. The van der Waals surface area contributed by atoms with Crippen molar-refractivity contribution in [3.8, 4) is 0 Å². The van der Waals surface area contributed by atoms with E-state index in [0.29, 0.717) is 11.4 Å². The highest BCUT2D eigenvalue weighted by Crippen LogP contribution is 2.24. The first-order valence-corrected chi connectivity index (χ1v) is 10.9. The number of likely N-dealkylation sites (tertiary alicyclic amines) is 1. The van der Waals surface area contributed by atoms with Gasteiger partial charge in [0.1, 0.15) is 5.82 Å². The molecule has 1 fully saturated rings. The minimum Gasteiger partial charge on any atom is -0.385 e. The number of fused-ring (bicyclic) bond motifs is 1. The molecular weight excluding hydrogens is 375 g/mol. The van der Waals surface area contributed by atoms with Crippen molar-refractivity contribution in [3.63, 3.8) is 0 Å². The second kappa shape index (κ2) is 9.43. The second-order valence-electron chi connectivity index (χ2n) is 8.42. The summed E-state index contributed by atoms with van der Waals surface area (Å²) in [7, 11) is 0.